The highest BCUT2D eigenvalue weighted by atomic mass is 127. The van der Waals surface area contributed by atoms with E-state index < -0.39 is 0 Å². The topological polar surface area (TPSA) is 39.9 Å². The van der Waals surface area contributed by atoms with Gasteiger partial charge in [0.15, 0.2) is 11.9 Å². The van der Waals surface area contributed by atoms with Crippen LogP contribution in [0.5, 0.6) is 0 Å². The number of ether oxygens (including phenoxy) is 1. The molecule has 90 valence electrons. The second-order valence-corrected chi connectivity index (χ2v) is 6.02. The minimum atomic E-state index is 0.0449. The summed E-state index contributed by atoms with van der Waals surface area (Å²) >= 11 is 5.68. The van der Waals surface area contributed by atoms with Crippen LogP contribution >= 0.6 is 38.5 Å². The van der Waals surface area contributed by atoms with Gasteiger partial charge in [-0.1, -0.05) is 0 Å². The van der Waals surface area contributed by atoms with Crippen molar-refractivity contribution in [3.8, 4) is 0 Å². The summed E-state index contributed by atoms with van der Waals surface area (Å²) in [5.41, 5.74) is 0.907. The Hall–Kier alpha value is -0.210. The molecule has 17 heavy (non-hydrogen) atoms. The van der Waals surface area contributed by atoms with Crippen molar-refractivity contribution in [1.82, 2.24) is 14.8 Å². The molecule has 0 spiro atoms. The van der Waals surface area contributed by atoms with Crippen molar-refractivity contribution in [3.63, 3.8) is 0 Å². The fraction of sp³-hybridized carbons (Fsp3) is 0.455. The summed E-state index contributed by atoms with van der Waals surface area (Å²) in [6, 6.07) is 2.05. The second kappa shape index (κ2) is 4.81. The van der Waals surface area contributed by atoms with Crippen molar-refractivity contribution in [2.45, 2.75) is 25.5 Å². The first-order valence-corrected chi connectivity index (χ1v) is 7.44. The minimum absolute atomic E-state index is 0.0449. The van der Waals surface area contributed by atoms with Gasteiger partial charge in [0.05, 0.1) is 5.39 Å². The zero-order valence-electron chi connectivity index (χ0n) is 9.07. The SMILES string of the molecule is Brc1cnc2c(c1)c(I)nn2C1CCCCO1. The number of hydrogen-bond donors (Lipinski definition) is 0. The van der Waals surface area contributed by atoms with Crippen molar-refractivity contribution in [2.24, 2.45) is 0 Å². The molecule has 0 saturated carbocycles. The first-order valence-electron chi connectivity index (χ1n) is 5.56. The Labute approximate surface area is 121 Å². The van der Waals surface area contributed by atoms with Gasteiger partial charge in [0.25, 0.3) is 0 Å². The summed E-state index contributed by atoms with van der Waals surface area (Å²) in [5.74, 6) is 0. The molecule has 0 N–H and O–H groups in total. The third kappa shape index (κ3) is 2.22. The number of hydrogen-bond acceptors (Lipinski definition) is 3. The molecule has 0 amide bonds. The Morgan fingerprint density at radius 2 is 2.35 bits per heavy atom. The summed E-state index contributed by atoms with van der Waals surface area (Å²) in [6.45, 7) is 0.819. The highest BCUT2D eigenvalue weighted by Crippen LogP contribution is 2.28. The number of halogens is 2. The normalized spacial score (nSPS) is 20.9. The molecule has 3 heterocycles. The predicted octanol–water partition coefficient (Wildman–Crippen LogP) is 3.50. The average Bonchev–Trinajstić information content (AvgIpc) is 2.68. The molecule has 1 aliphatic rings. The fourth-order valence-electron chi connectivity index (χ4n) is 2.08. The van der Waals surface area contributed by atoms with Crippen LogP contribution in [0.4, 0.5) is 0 Å². The van der Waals surface area contributed by atoms with E-state index in [4.69, 9.17) is 4.74 Å². The fourth-order valence-corrected chi connectivity index (χ4v) is 3.04. The molecule has 2 aromatic rings. The van der Waals surface area contributed by atoms with Crippen LogP contribution in [0, 0.1) is 3.70 Å². The quantitative estimate of drug-likeness (QED) is 0.679. The monoisotopic (exact) mass is 407 g/mol. The molecule has 1 atom stereocenters. The molecular formula is C11H11BrIN3O. The summed E-state index contributed by atoms with van der Waals surface area (Å²) < 4.78 is 9.63. The summed E-state index contributed by atoms with van der Waals surface area (Å²) in [7, 11) is 0. The van der Waals surface area contributed by atoms with Gasteiger partial charge in [0.2, 0.25) is 0 Å². The maximum atomic E-state index is 5.76. The maximum Gasteiger partial charge on any atom is 0.161 e. The highest BCUT2D eigenvalue weighted by Gasteiger charge is 2.21. The number of nitrogens with zero attached hydrogens (tertiary/aromatic N) is 3. The van der Waals surface area contributed by atoms with Crippen molar-refractivity contribution < 1.29 is 4.74 Å². The van der Waals surface area contributed by atoms with E-state index in [1.807, 2.05) is 4.68 Å². The summed E-state index contributed by atoms with van der Waals surface area (Å²) in [4.78, 5) is 4.45. The average molecular weight is 408 g/mol. The predicted molar refractivity (Wildman–Crippen MR) is 76.8 cm³/mol. The van der Waals surface area contributed by atoms with Gasteiger partial charge in [-0.15, -0.1) is 0 Å². The van der Waals surface area contributed by atoms with E-state index in [9.17, 15) is 0 Å². The molecule has 3 rings (SSSR count). The third-order valence-electron chi connectivity index (χ3n) is 2.90. The molecule has 2 aromatic heterocycles. The lowest BCUT2D eigenvalue weighted by Gasteiger charge is -2.22. The number of aromatic nitrogens is 3. The van der Waals surface area contributed by atoms with Crippen LogP contribution in [-0.2, 0) is 4.74 Å². The van der Waals surface area contributed by atoms with Gasteiger partial charge in [0, 0.05) is 17.3 Å². The Morgan fingerprint density at radius 3 is 3.12 bits per heavy atom. The van der Waals surface area contributed by atoms with Crippen LogP contribution in [0.3, 0.4) is 0 Å². The second-order valence-electron chi connectivity index (χ2n) is 4.08. The zero-order chi connectivity index (χ0) is 11.8. The van der Waals surface area contributed by atoms with Gasteiger partial charge < -0.3 is 4.74 Å². The number of rotatable bonds is 1. The molecule has 6 heteroatoms. The lowest BCUT2D eigenvalue weighted by molar-refractivity contribution is -0.0372. The lowest BCUT2D eigenvalue weighted by atomic mass is 10.2. The van der Waals surface area contributed by atoms with Crippen molar-refractivity contribution in [3.05, 3.63) is 20.4 Å². The molecule has 1 unspecified atom stereocenters. The standard InChI is InChI=1S/C11H11BrIN3O/c12-7-5-8-10(13)15-16(11(8)14-6-7)9-3-1-2-4-17-9/h5-6,9H,1-4H2. The molecule has 1 fully saturated rings. The van der Waals surface area contributed by atoms with Gasteiger partial charge >= 0.3 is 0 Å². The highest BCUT2D eigenvalue weighted by molar-refractivity contribution is 14.1. The van der Waals surface area contributed by atoms with E-state index in [0.29, 0.717) is 0 Å². The Balaban J connectivity index is 2.10. The van der Waals surface area contributed by atoms with Gasteiger partial charge in [-0.2, -0.15) is 5.10 Å². The van der Waals surface area contributed by atoms with Gasteiger partial charge in [-0.25, -0.2) is 9.67 Å². The Bertz CT molecular complexity index is 551. The van der Waals surface area contributed by atoms with E-state index in [0.717, 1.165) is 38.7 Å². The smallest absolute Gasteiger partial charge is 0.161 e. The largest absolute Gasteiger partial charge is 0.356 e. The van der Waals surface area contributed by atoms with Gasteiger partial charge in [-0.05, 0) is 63.8 Å². The maximum absolute atomic E-state index is 5.76. The van der Waals surface area contributed by atoms with Crippen LogP contribution in [0.15, 0.2) is 16.7 Å². The third-order valence-corrected chi connectivity index (χ3v) is 4.13. The van der Waals surface area contributed by atoms with E-state index in [-0.39, 0.29) is 6.23 Å². The van der Waals surface area contributed by atoms with Gasteiger partial charge in [-0.3, -0.25) is 0 Å². The number of fused-ring (bicyclic) bond motifs is 1. The Kier molecular flexibility index (Phi) is 3.36. The first kappa shape index (κ1) is 11.9. The lowest BCUT2D eigenvalue weighted by Crippen LogP contribution is -2.19. The molecule has 1 aliphatic heterocycles. The van der Waals surface area contributed by atoms with Gasteiger partial charge in [0.1, 0.15) is 3.70 Å². The molecule has 0 aromatic carbocycles. The van der Waals surface area contributed by atoms with Crippen molar-refractivity contribution in [2.75, 3.05) is 6.61 Å². The van der Waals surface area contributed by atoms with E-state index in [1.165, 1.54) is 6.42 Å². The van der Waals surface area contributed by atoms with E-state index in [1.54, 1.807) is 6.20 Å². The molecule has 0 radical (unpaired) electrons. The zero-order valence-corrected chi connectivity index (χ0v) is 12.8. The van der Waals surface area contributed by atoms with Crippen molar-refractivity contribution in [1.29, 1.82) is 0 Å². The molecule has 0 bridgehead atoms. The summed E-state index contributed by atoms with van der Waals surface area (Å²) in [5, 5.41) is 5.63. The van der Waals surface area contributed by atoms with E-state index in [2.05, 4.69) is 54.7 Å². The Morgan fingerprint density at radius 1 is 1.47 bits per heavy atom. The molecule has 0 aliphatic carbocycles. The van der Waals surface area contributed by atoms with Crippen LogP contribution in [-0.4, -0.2) is 21.4 Å². The molecule has 4 nitrogen and oxygen atoms in total. The number of pyridine rings is 1. The molecule has 1 saturated heterocycles. The summed E-state index contributed by atoms with van der Waals surface area (Å²) in [6.07, 6.45) is 5.21. The van der Waals surface area contributed by atoms with Crippen LogP contribution < -0.4 is 0 Å². The van der Waals surface area contributed by atoms with E-state index >= 15 is 0 Å². The van der Waals surface area contributed by atoms with Crippen molar-refractivity contribution >= 4 is 49.6 Å². The van der Waals surface area contributed by atoms with Crippen LogP contribution in [0.25, 0.3) is 11.0 Å². The minimum Gasteiger partial charge on any atom is -0.356 e. The van der Waals surface area contributed by atoms with Crippen LogP contribution in [0.1, 0.15) is 25.5 Å². The van der Waals surface area contributed by atoms with Crippen LogP contribution in [0.2, 0.25) is 0 Å². The molecular weight excluding hydrogens is 397 g/mol. The first-order chi connectivity index (χ1) is 8.25.